The number of carbonyl (C=O) groups excluding carboxylic acids is 1. The largest absolute Gasteiger partial charge is 0.397 e. The molecule has 1 aromatic rings. The molecule has 0 saturated carbocycles. The Labute approximate surface area is 104 Å². The van der Waals surface area contributed by atoms with Crippen LogP contribution in [0.25, 0.3) is 0 Å². The molecule has 0 aromatic carbocycles. The highest BCUT2D eigenvalue weighted by Crippen LogP contribution is 2.15. The van der Waals surface area contributed by atoms with E-state index in [1.54, 1.807) is 0 Å². The predicted octanol–water partition coefficient (Wildman–Crippen LogP) is -0.410. The zero-order valence-electron chi connectivity index (χ0n) is 9.89. The zero-order chi connectivity index (χ0) is 13.0. The first kappa shape index (κ1) is 12.6. The molecule has 98 valence electrons. The molecule has 1 atom stereocenters. The number of pyridine rings is 1. The molecule has 1 aliphatic rings. The molecule has 7 nitrogen and oxygen atoms in total. The van der Waals surface area contributed by atoms with Crippen LogP contribution in [0.2, 0.25) is 0 Å². The van der Waals surface area contributed by atoms with Crippen molar-refractivity contribution in [3.63, 3.8) is 0 Å². The fourth-order valence-electron chi connectivity index (χ4n) is 1.67. The summed E-state index contributed by atoms with van der Waals surface area (Å²) in [6.07, 6.45) is 1.41. The smallest absolute Gasteiger partial charge is 0.252 e. The number of primary amides is 1. The zero-order valence-corrected chi connectivity index (χ0v) is 9.89. The van der Waals surface area contributed by atoms with Crippen LogP contribution in [-0.4, -0.2) is 43.4 Å². The summed E-state index contributed by atoms with van der Waals surface area (Å²) in [6, 6.07) is 1.50. The van der Waals surface area contributed by atoms with Crippen LogP contribution in [0.3, 0.4) is 0 Å². The molecule has 0 spiro atoms. The van der Waals surface area contributed by atoms with Crippen molar-refractivity contribution in [2.24, 2.45) is 5.73 Å². The Morgan fingerprint density at radius 1 is 1.56 bits per heavy atom. The third kappa shape index (κ3) is 3.08. The molecule has 7 heteroatoms. The Balaban J connectivity index is 2.01. The van der Waals surface area contributed by atoms with Gasteiger partial charge in [-0.25, -0.2) is 4.98 Å². The molecule has 1 aromatic heterocycles. The molecule has 1 fully saturated rings. The maximum atomic E-state index is 11.3. The lowest BCUT2D eigenvalue weighted by atomic mass is 10.2. The van der Waals surface area contributed by atoms with Gasteiger partial charge in [-0.1, -0.05) is 0 Å². The number of ether oxygens (including phenoxy) is 2. The molecule has 0 bridgehead atoms. The van der Waals surface area contributed by atoms with Gasteiger partial charge in [0.25, 0.3) is 5.91 Å². The van der Waals surface area contributed by atoms with Crippen molar-refractivity contribution >= 4 is 17.4 Å². The number of hydrogen-bond donors (Lipinski definition) is 3. The molecule has 0 aliphatic carbocycles. The number of anilines is 2. The van der Waals surface area contributed by atoms with Crippen LogP contribution in [-0.2, 0) is 9.47 Å². The number of nitrogen functional groups attached to an aromatic ring is 1. The summed E-state index contributed by atoms with van der Waals surface area (Å²) in [6.45, 7) is 2.21. The first-order chi connectivity index (χ1) is 8.66. The molecular weight excluding hydrogens is 236 g/mol. The monoisotopic (exact) mass is 252 g/mol. The van der Waals surface area contributed by atoms with E-state index in [1.807, 2.05) is 0 Å². The van der Waals surface area contributed by atoms with Crippen molar-refractivity contribution in [3.05, 3.63) is 17.8 Å². The van der Waals surface area contributed by atoms with E-state index in [2.05, 4.69) is 10.3 Å². The van der Waals surface area contributed by atoms with Crippen LogP contribution in [0.1, 0.15) is 10.4 Å². The van der Waals surface area contributed by atoms with Crippen molar-refractivity contribution in [2.75, 3.05) is 37.4 Å². The van der Waals surface area contributed by atoms with Crippen LogP contribution < -0.4 is 16.8 Å². The summed E-state index contributed by atoms with van der Waals surface area (Å²) in [7, 11) is 0. The number of nitrogens with one attached hydrogen (secondary N) is 1. The lowest BCUT2D eigenvalue weighted by Crippen LogP contribution is -2.34. The third-order valence-electron chi connectivity index (χ3n) is 2.56. The van der Waals surface area contributed by atoms with E-state index < -0.39 is 5.91 Å². The van der Waals surface area contributed by atoms with Crippen LogP contribution in [0.4, 0.5) is 11.5 Å². The minimum atomic E-state index is -0.571. The average Bonchev–Trinajstić information content (AvgIpc) is 2.38. The molecule has 18 heavy (non-hydrogen) atoms. The second kappa shape index (κ2) is 5.65. The van der Waals surface area contributed by atoms with Gasteiger partial charge in [-0.2, -0.15) is 0 Å². The van der Waals surface area contributed by atoms with Gasteiger partial charge in [0.2, 0.25) is 0 Å². The van der Waals surface area contributed by atoms with Crippen LogP contribution in [0.15, 0.2) is 12.3 Å². The molecule has 2 heterocycles. The van der Waals surface area contributed by atoms with Crippen molar-refractivity contribution in [1.82, 2.24) is 4.98 Å². The number of aromatic nitrogens is 1. The maximum absolute atomic E-state index is 11.3. The summed E-state index contributed by atoms with van der Waals surface area (Å²) in [5.41, 5.74) is 11.5. The lowest BCUT2D eigenvalue weighted by Gasteiger charge is -2.23. The third-order valence-corrected chi connectivity index (χ3v) is 2.56. The molecule has 1 amide bonds. The SMILES string of the molecule is NC(=O)c1cc(N)cnc1NCC1COCCO1. The Morgan fingerprint density at radius 3 is 3.06 bits per heavy atom. The Kier molecular flexibility index (Phi) is 3.96. The quantitative estimate of drug-likeness (QED) is 0.671. The summed E-state index contributed by atoms with van der Waals surface area (Å²) >= 11 is 0. The summed E-state index contributed by atoms with van der Waals surface area (Å²) in [4.78, 5) is 15.3. The van der Waals surface area contributed by atoms with E-state index in [9.17, 15) is 4.79 Å². The molecule has 1 aliphatic heterocycles. The number of nitrogens with two attached hydrogens (primary N) is 2. The van der Waals surface area contributed by atoms with Gasteiger partial charge in [0.1, 0.15) is 5.82 Å². The van der Waals surface area contributed by atoms with E-state index in [-0.39, 0.29) is 11.7 Å². The van der Waals surface area contributed by atoms with Gasteiger partial charge in [-0.15, -0.1) is 0 Å². The summed E-state index contributed by atoms with van der Waals surface area (Å²) in [5.74, 6) is -0.163. The van der Waals surface area contributed by atoms with Gasteiger partial charge in [-0.05, 0) is 6.07 Å². The normalized spacial score (nSPS) is 19.4. The topological polar surface area (TPSA) is 112 Å². The van der Waals surface area contributed by atoms with Gasteiger partial charge >= 0.3 is 0 Å². The van der Waals surface area contributed by atoms with Gasteiger partial charge in [-0.3, -0.25) is 4.79 Å². The molecule has 1 unspecified atom stereocenters. The summed E-state index contributed by atoms with van der Waals surface area (Å²) < 4.78 is 10.7. The number of hydrogen-bond acceptors (Lipinski definition) is 6. The first-order valence-electron chi connectivity index (χ1n) is 5.65. The van der Waals surface area contributed by atoms with E-state index in [0.29, 0.717) is 37.9 Å². The Bertz CT molecular complexity index is 432. The van der Waals surface area contributed by atoms with Crippen LogP contribution >= 0.6 is 0 Å². The minimum absolute atomic E-state index is 0.0566. The predicted molar refractivity (Wildman–Crippen MR) is 66.2 cm³/mol. The molecule has 0 radical (unpaired) electrons. The van der Waals surface area contributed by atoms with Gasteiger partial charge in [0.05, 0.1) is 43.4 Å². The number of carbonyl (C=O) groups is 1. The van der Waals surface area contributed by atoms with E-state index in [4.69, 9.17) is 20.9 Å². The number of rotatable bonds is 4. The molecule has 2 rings (SSSR count). The van der Waals surface area contributed by atoms with E-state index in [0.717, 1.165) is 0 Å². The van der Waals surface area contributed by atoms with Gasteiger partial charge in [0, 0.05) is 6.54 Å². The van der Waals surface area contributed by atoms with Crippen molar-refractivity contribution in [2.45, 2.75) is 6.10 Å². The second-order valence-electron chi connectivity index (χ2n) is 3.98. The minimum Gasteiger partial charge on any atom is -0.397 e. The highest BCUT2D eigenvalue weighted by molar-refractivity contribution is 5.98. The van der Waals surface area contributed by atoms with Crippen LogP contribution in [0.5, 0.6) is 0 Å². The Hall–Kier alpha value is -1.86. The Morgan fingerprint density at radius 2 is 2.39 bits per heavy atom. The standard InChI is InChI=1S/C11H16N4O3/c12-7-3-9(10(13)16)11(14-4-7)15-5-8-6-17-1-2-18-8/h3-4,8H,1-2,5-6,12H2,(H2,13,16)(H,14,15). The van der Waals surface area contributed by atoms with E-state index >= 15 is 0 Å². The fraction of sp³-hybridized carbons (Fsp3) is 0.455. The number of amides is 1. The lowest BCUT2D eigenvalue weighted by molar-refractivity contribution is -0.0819. The van der Waals surface area contributed by atoms with E-state index in [1.165, 1.54) is 12.3 Å². The fourth-order valence-corrected chi connectivity index (χ4v) is 1.67. The van der Waals surface area contributed by atoms with Gasteiger partial charge < -0.3 is 26.3 Å². The van der Waals surface area contributed by atoms with Crippen molar-refractivity contribution < 1.29 is 14.3 Å². The van der Waals surface area contributed by atoms with Crippen LogP contribution in [0, 0.1) is 0 Å². The average molecular weight is 252 g/mol. The van der Waals surface area contributed by atoms with Gasteiger partial charge in [0.15, 0.2) is 0 Å². The van der Waals surface area contributed by atoms with Crippen molar-refractivity contribution in [1.29, 1.82) is 0 Å². The molecule has 5 N–H and O–H groups in total. The first-order valence-corrected chi connectivity index (χ1v) is 5.65. The number of nitrogens with zero attached hydrogens (tertiary/aromatic N) is 1. The highest BCUT2D eigenvalue weighted by Gasteiger charge is 2.16. The highest BCUT2D eigenvalue weighted by atomic mass is 16.6. The molecular formula is C11H16N4O3. The molecule has 1 saturated heterocycles. The summed E-state index contributed by atoms with van der Waals surface area (Å²) in [5, 5.41) is 3.02. The maximum Gasteiger partial charge on any atom is 0.252 e. The second-order valence-corrected chi connectivity index (χ2v) is 3.98. The van der Waals surface area contributed by atoms with Crippen molar-refractivity contribution in [3.8, 4) is 0 Å².